The van der Waals surface area contributed by atoms with Crippen molar-refractivity contribution in [3.8, 4) is 0 Å². The van der Waals surface area contributed by atoms with Gasteiger partial charge in [0.15, 0.2) is 0 Å². The number of hydrogen-bond acceptors (Lipinski definition) is 2. The van der Waals surface area contributed by atoms with E-state index in [1.165, 1.54) is 19.3 Å². The van der Waals surface area contributed by atoms with E-state index in [9.17, 15) is 0 Å². The summed E-state index contributed by atoms with van der Waals surface area (Å²) in [6.07, 6.45) is 4.26. The van der Waals surface area contributed by atoms with Crippen LogP contribution in [-0.2, 0) is 4.74 Å². The number of ether oxygens (including phenoxy) is 1. The molecule has 1 N–H and O–H groups in total. The number of benzene rings is 1. The minimum absolute atomic E-state index is 0.458. The molecule has 0 aromatic heterocycles. The summed E-state index contributed by atoms with van der Waals surface area (Å²) >= 11 is 3.54. The predicted molar refractivity (Wildman–Crippen MR) is 84.6 cm³/mol. The lowest BCUT2D eigenvalue weighted by Gasteiger charge is -2.31. The third kappa shape index (κ3) is 4.81. The van der Waals surface area contributed by atoms with Crippen LogP contribution >= 0.6 is 15.9 Å². The van der Waals surface area contributed by atoms with Crippen LogP contribution in [0.25, 0.3) is 0 Å². The van der Waals surface area contributed by atoms with E-state index in [1.807, 2.05) is 18.2 Å². The molecule has 106 valence electrons. The number of nitrogens with one attached hydrogen (secondary N) is 1. The summed E-state index contributed by atoms with van der Waals surface area (Å²) < 4.78 is 7.11. The van der Waals surface area contributed by atoms with Crippen molar-refractivity contribution in [1.82, 2.24) is 0 Å². The number of hydrogen-bond donors (Lipinski definition) is 1. The lowest BCUT2D eigenvalue weighted by molar-refractivity contribution is 0.00618. The fraction of sp³-hybridized carbons (Fsp3) is 0.625. The van der Waals surface area contributed by atoms with Crippen LogP contribution in [0.4, 0.5) is 5.69 Å². The highest BCUT2D eigenvalue weighted by atomic mass is 79.9. The molecule has 3 heteroatoms. The minimum atomic E-state index is 0.458. The van der Waals surface area contributed by atoms with Crippen molar-refractivity contribution in [3.63, 3.8) is 0 Å². The predicted octanol–water partition coefficient (Wildman–Crippen LogP) is 4.70. The van der Waals surface area contributed by atoms with Crippen molar-refractivity contribution in [2.24, 2.45) is 11.8 Å². The van der Waals surface area contributed by atoms with Gasteiger partial charge in [0.05, 0.1) is 12.7 Å². The number of halogens is 1. The van der Waals surface area contributed by atoms with E-state index in [0.29, 0.717) is 6.10 Å². The van der Waals surface area contributed by atoms with E-state index in [-0.39, 0.29) is 0 Å². The fourth-order valence-corrected chi connectivity index (χ4v) is 3.45. The summed E-state index contributed by atoms with van der Waals surface area (Å²) in [7, 11) is 0. The number of para-hydroxylation sites is 1. The van der Waals surface area contributed by atoms with Gasteiger partial charge >= 0.3 is 0 Å². The molecule has 0 aliphatic heterocycles. The molecule has 0 radical (unpaired) electrons. The van der Waals surface area contributed by atoms with Crippen LogP contribution in [0, 0.1) is 11.8 Å². The summed E-state index contributed by atoms with van der Waals surface area (Å²) in [5.74, 6) is 1.62. The summed E-state index contributed by atoms with van der Waals surface area (Å²) in [5, 5.41) is 3.40. The van der Waals surface area contributed by atoms with Crippen LogP contribution < -0.4 is 5.32 Å². The Labute approximate surface area is 125 Å². The second-order valence-electron chi connectivity index (χ2n) is 5.82. The van der Waals surface area contributed by atoms with Crippen LogP contribution in [0.15, 0.2) is 28.7 Å². The molecule has 1 aliphatic carbocycles. The van der Waals surface area contributed by atoms with E-state index in [0.717, 1.165) is 35.1 Å². The van der Waals surface area contributed by atoms with Crippen molar-refractivity contribution in [2.45, 2.75) is 39.2 Å². The first-order valence-electron chi connectivity index (χ1n) is 7.25. The van der Waals surface area contributed by atoms with Crippen molar-refractivity contribution in [2.75, 3.05) is 18.5 Å². The SMILES string of the molecule is CC1CC(C)CC(OCCNc2ccccc2Br)C1. The van der Waals surface area contributed by atoms with Gasteiger partial charge in [-0.3, -0.25) is 0 Å². The molecule has 2 unspecified atom stereocenters. The van der Waals surface area contributed by atoms with Gasteiger partial charge in [-0.15, -0.1) is 0 Å². The Morgan fingerprint density at radius 2 is 1.84 bits per heavy atom. The highest BCUT2D eigenvalue weighted by molar-refractivity contribution is 9.10. The first kappa shape index (κ1) is 14.9. The van der Waals surface area contributed by atoms with Crippen molar-refractivity contribution in [1.29, 1.82) is 0 Å². The zero-order valence-electron chi connectivity index (χ0n) is 11.9. The van der Waals surface area contributed by atoms with Gasteiger partial charge in [-0.25, -0.2) is 0 Å². The molecule has 0 spiro atoms. The Morgan fingerprint density at radius 3 is 2.53 bits per heavy atom. The quantitative estimate of drug-likeness (QED) is 0.792. The fourth-order valence-electron chi connectivity index (χ4n) is 3.03. The third-order valence-corrected chi connectivity index (χ3v) is 4.47. The lowest BCUT2D eigenvalue weighted by Crippen LogP contribution is -2.27. The van der Waals surface area contributed by atoms with Gasteiger partial charge < -0.3 is 10.1 Å². The maximum absolute atomic E-state index is 6.01. The molecule has 0 heterocycles. The molecule has 1 fully saturated rings. The minimum Gasteiger partial charge on any atom is -0.382 e. The Kier molecular flexibility index (Phi) is 5.71. The number of rotatable bonds is 5. The third-order valence-electron chi connectivity index (χ3n) is 3.78. The number of anilines is 1. The van der Waals surface area contributed by atoms with Gasteiger partial charge in [0, 0.05) is 16.7 Å². The molecule has 19 heavy (non-hydrogen) atoms. The van der Waals surface area contributed by atoms with Gasteiger partial charge in [0.2, 0.25) is 0 Å². The van der Waals surface area contributed by atoms with Gasteiger partial charge in [0.25, 0.3) is 0 Å². The van der Waals surface area contributed by atoms with E-state index in [2.05, 4.69) is 41.2 Å². The van der Waals surface area contributed by atoms with Crippen LogP contribution in [0.3, 0.4) is 0 Å². The van der Waals surface area contributed by atoms with Crippen molar-refractivity contribution in [3.05, 3.63) is 28.7 Å². The molecular weight excluding hydrogens is 302 g/mol. The monoisotopic (exact) mass is 325 g/mol. The van der Waals surface area contributed by atoms with Crippen LogP contribution in [0.1, 0.15) is 33.1 Å². The Morgan fingerprint density at radius 1 is 1.16 bits per heavy atom. The van der Waals surface area contributed by atoms with E-state index in [4.69, 9.17) is 4.74 Å². The zero-order valence-corrected chi connectivity index (χ0v) is 13.4. The first-order chi connectivity index (χ1) is 9.15. The van der Waals surface area contributed by atoms with Gasteiger partial charge in [-0.1, -0.05) is 26.0 Å². The average Bonchev–Trinajstić information content (AvgIpc) is 2.35. The van der Waals surface area contributed by atoms with Gasteiger partial charge in [0.1, 0.15) is 0 Å². The summed E-state index contributed by atoms with van der Waals surface area (Å²) in [5.41, 5.74) is 1.14. The largest absolute Gasteiger partial charge is 0.382 e. The highest BCUT2D eigenvalue weighted by Crippen LogP contribution is 2.30. The molecule has 1 aromatic rings. The lowest BCUT2D eigenvalue weighted by atomic mass is 9.82. The first-order valence-corrected chi connectivity index (χ1v) is 8.04. The maximum atomic E-state index is 6.01. The molecular formula is C16H24BrNO. The standard InChI is InChI=1S/C16H24BrNO/c1-12-9-13(2)11-14(10-12)19-8-7-18-16-6-4-3-5-15(16)17/h3-6,12-14,18H,7-11H2,1-2H3. The van der Waals surface area contributed by atoms with Crippen LogP contribution in [0.2, 0.25) is 0 Å². The van der Waals surface area contributed by atoms with Crippen LogP contribution in [-0.4, -0.2) is 19.3 Å². The van der Waals surface area contributed by atoms with Crippen molar-refractivity contribution < 1.29 is 4.74 Å². The molecule has 1 saturated carbocycles. The molecule has 1 aliphatic rings. The van der Waals surface area contributed by atoms with Gasteiger partial charge in [-0.2, -0.15) is 0 Å². The molecule has 2 atom stereocenters. The summed E-state index contributed by atoms with van der Waals surface area (Å²) in [4.78, 5) is 0. The summed E-state index contributed by atoms with van der Waals surface area (Å²) in [6, 6.07) is 8.19. The average molecular weight is 326 g/mol. The smallest absolute Gasteiger partial charge is 0.0642 e. The Hall–Kier alpha value is -0.540. The van der Waals surface area contributed by atoms with E-state index < -0.39 is 0 Å². The second-order valence-corrected chi connectivity index (χ2v) is 6.67. The van der Waals surface area contributed by atoms with Crippen LogP contribution in [0.5, 0.6) is 0 Å². The Bertz CT molecular complexity index is 386. The second kappa shape index (κ2) is 7.30. The summed E-state index contributed by atoms with van der Waals surface area (Å²) in [6.45, 7) is 6.32. The van der Waals surface area contributed by atoms with E-state index in [1.54, 1.807) is 0 Å². The molecule has 2 rings (SSSR count). The maximum Gasteiger partial charge on any atom is 0.0642 e. The van der Waals surface area contributed by atoms with Crippen molar-refractivity contribution >= 4 is 21.6 Å². The molecule has 2 nitrogen and oxygen atoms in total. The molecule has 0 amide bonds. The highest BCUT2D eigenvalue weighted by Gasteiger charge is 2.24. The van der Waals surface area contributed by atoms with Gasteiger partial charge in [-0.05, 0) is 59.2 Å². The van der Waals surface area contributed by atoms with E-state index >= 15 is 0 Å². The molecule has 0 bridgehead atoms. The Balaban J connectivity index is 1.68. The normalized spacial score (nSPS) is 27.2. The zero-order chi connectivity index (χ0) is 13.7. The molecule has 1 aromatic carbocycles. The molecule has 0 saturated heterocycles. The topological polar surface area (TPSA) is 21.3 Å².